The molecule has 4 heterocycles. The molecule has 0 spiro atoms. The molecule has 4 aromatic heterocycles. The third-order valence-corrected chi connectivity index (χ3v) is 25.4. The van der Waals surface area contributed by atoms with Gasteiger partial charge in [-0.1, -0.05) is 346 Å². The number of aromatic nitrogens is 2. The molecule has 0 atom stereocenters. The van der Waals surface area contributed by atoms with Gasteiger partial charge in [0.1, 0.15) is 22.3 Å². The lowest BCUT2D eigenvalue weighted by atomic mass is 9.80. The molecule has 20 aromatic carbocycles. The molecule has 0 bridgehead atoms. The molecular weight excluding hydrogens is 1650 g/mol. The zero-order chi connectivity index (χ0) is 87.0. The number of nitrogens with zero attached hydrogens (tertiary/aromatic N) is 4. The highest BCUT2D eigenvalue weighted by Crippen LogP contribution is 2.47. The van der Waals surface area contributed by atoms with E-state index in [-0.39, 0.29) is 0 Å². The minimum atomic E-state index is -1.49. The van der Waals surface area contributed by atoms with Crippen molar-refractivity contribution in [2.45, 2.75) is 0 Å². The number of fused-ring (bicyclic) bond motifs is 12. The Labute approximate surface area is 761 Å². The molecule has 8 nitrogen and oxygen atoms in total. The van der Waals surface area contributed by atoms with Crippen molar-refractivity contribution in [3.63, 3.8) is 0 Å². The van der Waals surface area contributed by atoms with Gasteiger partial charge in [0.05, 0.1) is 26.5 Å². The molecule has 130 heavy (non-hydrogen) atoms. The van der Waals surface area contributed by atoms with E-state index < -0.39 is 7.12 Å². The lowest BCUT2D eigenvalue weighted by Crippen LogP contribution is -2.29. The summed E-state index contributed by atoms with van der Waals surface area (Å²) in [6.45, 7) is 0. The predicted molar refractivity (Wildman–Crippen MR) is 548 cm³/mol. The van der Waals surface area contributed by atoms with E-state index in [0.29, 0.717) is 5.46 Å². The molecule has 0 saturated carbocycles. The van der Waals surface area contributed by atoms with Gasteiger partial charge in [-0.15, -0.1) is 0 Å². The second-order valence-electron chi connectivity index (χ2n) is 32.5. The van der Waals surface area contributed by atoms with E-state index in [4.69, 9.17) is 8.83 Å². The molecule has 24 aromatic rings. The van der Waals surface area contributed by atoms with Crippen molar-refractivity contribution in [1.82, 2.24) is 9.13 Å². The number of benzene rings is 20. The van der Waals surface area contributed by atoms with Crippen molar-refractivity contribution >= 4 is 150 Å². The summed E-state index contributed by atoms with van der Waals surface area (Å²) in [6.07, 6.45) is 0. The van der Waals surface area contributed by atoms with Gasteiger partial charge in [0, 0.05) is 105 Å². The third-order valence-electron chi connectivity index (χ3n) is 24.8. The first-order chi connectivity index (χ1) is 64.2. The molecule has 0 aliphatic carbocycles. The predicted octanol–water partition coefficient (Wildman–Crippen LogP) is 32.1. The molecule has 0 aliphatic heterocycles. The summed E-state index contributed by atoms with van der Waals surface area (Å²) in [7, 11) is -1.49. The van der Waals surface area contributed by atoms with Crippen LogP contribution in [0.3, 0.4) is 0 Å². The van der Waals surface area contributed by atoms with Crippen molar-refractivity contribution < 1.29 is 18.9 Å². The van der Waals surface area contributed by atoms with E-state index in [1.165, 1.54) is 82.7 Å². The topological polar surface area (TPSA) is 83.1 Å². The van der Waals surface area contributed by atoms with Crippen LogP contribution in [-0.4, -0.2) is 26.3 Å². The Hall–Kier alpha value is -16.3. The van der Waals surface area contributed by atoms with Crippen LogP contribution in [-0.2, 0) is 0 Å². The number of furan rings is 2. The Morgan fingerprint density at radius 3 is 0.785 bits per heavy atom. The summed E-state index contributed by atoms with van der Waals surface area (Å²) < 4.78 is 19.1. The third kappa shape index (κ3) is 15.2. The SMILES string of the molecule is Brc1cccc2c1oc1c(-c3ccc4c(c3)c3ccccc3n4-c3ccccc3)cccc12.OB(O)c1ccc(N(c2ccc(-c3ccccc3)cc2)c2ccc(-c3ccccc3)cc2)cc1.c1ccc(-c2ccc(N(c3ccc(-c4ccccc4)cc3)c3ccc(-c4cccc5c4oc4c(-c6ccc7c(c6)c6ccccc6n7-c6ccccc6)cccc45)cc3)cc2)cc1. The van der Waals surface area contributed by atoms with Crippen LogP contribution in [0.25, 0.3) is 177 Å². The summed E-state index contributed by atoms with van der Waals surface area (Å²) in [5, 5.41) is 28.4. The highest BCUT2D eigenvalue weighted by atomic mass is 79.9. The molecule has 0 fully saturated rings. The first-order valence-corrected chi connectivity index (χ1v) is 44.5. The summed E-state index contributed by atoms with van der Waals surface area (Å²) in [6, 6.07) is 170. The normalized spacial score (nSPS) is 11.3. The number of anilines is 6. The minimum Gasteiger partial charge on any atom is -0.455 e. The van der Waals surface area contributed by atoms with Gasteiger partial charge in [-0.25, -0.2) is 0 Å². The number of rotatable bonds is 16. The second kappa shape index (κ2) is 34.9. The van der Waals surface area contributed by atoms with E-state index in [9.17, 15) is 10.0 Å². The Morgan fingerprint density at radius 2 is 0.446 bits per heavy atom. The smallest absolute Gasteiger partial charge is 0.455 e. The lowest BCUT2D eigenvalue weighted by molar-refractivity contribution is 0.426. The second-order valence-corrected chi connectivity index (χ2v) is 33.4. The molecule has 24 rings (SSSR count). The quantitative estimate of drug-likeness (QED) is 0.0938. The molecule has 10 heteroatoms. The van der Waals surface area contributed by atoms with Gasteiger partial charge in [-0.05, 0) is 222 Å². The van der Waals surface area contributed by atoms with E-state index in [0.717, 1.165) is 133 Å². The fraction of sp³-hybridized carbons (Fsp3) is 0. The van der Waals surface area contributed by atoms with Gasteiger partial charge in [0.25, 0.3) is 0 Å². The zero-order valence-corrected chi connectivity index (χ0v) is 72.2. The number of hydrogen-bond acceptors (Lipinski definition) is 6. The fourth-order valence-electron chi connectivity index (χ4n) is 18.5. The average Bonchev–Trinajstić information content (AvgIpc) is 1.58. The van der Waals surface area contributed by atoms with Crippen LogP contribution in [0.4, 0.5) is 34.1 Å². The molecule has 2 N–H and O–H groups in total. The lowest BCUT2D eigenvalue weighted by Gasteiger charge is -2.26. The highest BCUT2D eigenvalue weighted by molar-refractivity contribution is 9.10. The van der Waals surface area contributed by atoms with Crippen molar-refractivity contribution in [2.75, 3.05) is 9.80 Å². The van der Waals surface area contributed by atoms with Crippen LogP contribution >= 0.6 is 15.9 Å². The van der Waals surface area contributed by atoms with Crippen molar-refractivity contribution in [3.05, 3.63) is 490 Å². The van der Waals surface area contributed by atoms with Crippen molar-refractivity contribution in [2.24, 2.45) is 0 Å². The summed E-state index contributed by atoms with van der Waals surface area (Å²) in [5.41, 5.74) is 33.4. The van der Waals surface area contributed by atoms with Gasteiger partial charge in [0.15, 0.2) is 0 Å². The summed E-state index contributed by atoms with van der Waals surface area (Å²) >= 11 is 3.64. The standard InChI is InChI=1S/C60H40N2O.C30H24BNO2.C30H18BrNO/c1-4-14-41(15-5-1)43-26-33-48(34-27-43)61(49-35-28-44(29-36-49)42-16-6-2-7-17-42)50-37-30-45(31-38-50)51-21-12-23-54-55-24-13-22-52(60(55)63-59(51)54)46-32-39-58-56(40-46)53-20-10-11-25-57(53)62(58)47-18-8-3-9-19-47;33-31(34)27-15-21-30(22-16-27)32(28-17-11-25(12-18-28)23-7-3-1-4-8-23)29-19-13-26(14-20-29)24-9-5-2-6-10-24;31-26-14-7-13-24-23-12-6-11-21(29(23)33-30(24)26)19-16-17-28-25(18-19)22-10-4-5-15-27(22)32(28)20-8-2-1-3-9-20/h1-40H;1-22,33-34H;1-18H. The Bertz CT molecular complexity index is 8030. The van der Waals surface area contributed by atoms with Crippen molar-refractivity contribution in [3.8, 4) is 89.3 Å². The first-order valence-electron chi connectivity index (χ1n) is 43.7. The molecule has 0 saturated heterocycles. The van der Waals surface area contributed by atoms with Gasteiger partial charge >= 0.3 is 7.12 Å². The fourth-order valence-corrected chi connectivity index (χ4v) is 18.9. The largest absolute Gasteiger partial charge is 0.488 e. The zero-order valence-electron chi connectivity index (χ0n) is 70.6. The van der Waals surface area contributed by atoms with Gasteiger partial charge in [-0.3, -0.25) is 0 Å². The molecular formula is C120H82BBrN4O4. The van der Waals surface area contributed by atoms with Crippen molar-refractivity contribution in [1.29, 1.82) is 0 Å². The molecule has 0 amide bonds. The van der Waals surface area contributed by atoms with Crippen LogP contribution in [0.15, 0.2) is 499 Å². The van der Waals surface area contributed by atoms with Gasteiger partial charge in [0.2, 0.25) is 0 Å². The number of halogens is 1. The summed E-state index contributed by atoms with van der Waals surface area (Å²) in [5.74, 6) is 0. The van der Waals surface area contributed by atoms with Crippen LogP contribution in [0, 0.1) is 0 Å². The first kappa shape index (κ1) is 79.6. The van der Waals surface area contributed by atoms with Gasteiger partial charge < -0.3 is 37.8 Å². The maximum atomic E-state index is 9.51. The van der Waals surface area contributed by atoms with Crippen LogP contribution in [0.2, 0.25) is 0 Å². The Morgan fingerprint density at radius 1 is 0.200 bits per heavy atom. The van der Waals surface area contributed by atoms with E-state index >= 15 is 0 Å². The summed E-state index contributed by atoms with van der Waals surface area (Å²) in [4.78, 5) is 4.49. The number of hydrogen-bond donors (Lipinski definition) is 2. The van der Waals surface area contributed by atoms with E-state index in [1.807, 2.05) is 54.6 Å². The van der Waals surface area contributed by atoms with Crippen LogP contribution in [0.5, 0.6) is 0 Å². The Balaban J connectivity index is 0.000000125. The molecule has 0 aliphatic rings. The Kier molecular flexibility index (Phi) is 21.4. The molecule has 0 unspecified atom stereocenters. The molecule has 0 radical (unpaired) electrons. The van der Waals surface area contributed by atoms with Crippen LogP contribution in [0.1, 0.15) is 0 Å². The van der Waals surface area contributed by atoms with E-state index in [2.05, 4.69) is 453 Å². The maximum Gasteiger partial charge on any atom is 0.488 e. The number of para-hydroxylation sites is 8. The highest BCUT2D eigenvalue weighted by Gasteiger charge is 2.24. The van der Waals surface area contributed by atoms with Gasteiger partial charge in [-0.2, -0.15) is 0 Å². The van der Waals surface area contributed by atoms with Crippen LogP contribution < -0.4 is 15.3 Å². The maximum absolute atomic E-state index is 9.51. The average molecular weight is 1730 g/mol. The van der Waals surface area contributed by atoms with E-state index in [1.54, 1.807) is 12.1 Å². The monoisotopic (exact) mass is 1730 g/mol. The molecule has 616 valence electrons. The minimum absolute atomic E-state index is 0.461.